The highest BCUT2D eigenvalue weighted by Crippen LogP contribution is 2.16. The standard InChI is InChI=1S/C14H15FN4O2/c15-11-5-4-10(9-12(11)16)18-13(20)3-1-7-19-8-2-6-17-14(19)21/h2,4-6,8-9H,1,3,7,16H2,(H,18,20). The molecule has 3 N–H and O–H groups in total. The summed E-state index contributed by atoms with van der Waals surface area (Å²) in [6.07, 6.45) is 3.77. The van der Waals surface area contributed by atoms with Gasteiger partial charge in [0, 0.05) is 31.0 Å². The average molecular weight is 290 g/mol. The van der Waals surface area contributed by atoms with Crippen LogP contribution in [0.1, 0.15) is 12.8 Å². The van der Waals surface area contributed by atoms with E-state index in [1.807, 2.05) is 0 Å². The molecule has 2 aromatic rings. The molecule has 0 aliphatic carbocycles. The third kappa shape index (κ3) is 4.13. The van der Waals surface area contributed by atoms with Crippen LogP contribution in [0.4, 0.5) is 15.8 Å². The van der Waals surface area contributed by atoms with Gasteiger partial charge in [-0.3, -0.25) is 9.36 Å². The van der Waals surface area contributed by atoms with Crippen LogP contribution < -0.4 is 16.7 Å². The van der Waals surface area contributed by atoms with Crippen LogP contribution in [0.3, 0.4) is 0 Å². The SMILES string of the molecule is Nc1cc(NC(=O)CCCn2cccnc2=O)ccc1F. The molecule has 0 saturated carbocycles. The van der Waals surface area contributed by atoms with Gasteiger partial charge in [0.25, 0.3) is 0 Å². The van der Waals surface area contributed by atoms with Gasteiger partial charge in [-0.25, -0.2) is 14.2 Å². The van der Waals surface area contributed by atoms with Gasteiger partial charge in [-0.2, -0.15) is 0 Å². The molecule has 1 aromatic heterocycles. The van der Waals surface area contributed by atoms with E-state index >= 15 is 0 Å². The highest BCUT2D eigenvalue weighted by atomic mass is 19.1. The number of halogens is 1. The Bertz CT molecular complexity index is 699. The molecule has 1 aromatic carbocycles. The van der Waals surface area contributed by atoms with Gasteiger partial charge in [-0.1, -0.05) is 0 Å². The molecule has 0 atom stereocenters. The van der Waals surface area contributed by atoms with E-state index in [-0.39, 0.29) is 23.7 Å². The first-order chi connectivity index (χ1) is 10.1. The Hall–Kier alpha value is -2.70. The van der Waals surface area contributed by atoms with Gasteiger partial charge >= 0.3 is 5.69 Å². The molecule has 21 heavy (non-hydrogen) atoms. The first kappa shape index (κ1) is 14.7. The maximum absolute atomic E-state index is 13.0. The van der Waals surface area contributed by atoms with Crippen molar-refractivity contribution in [2.24, 2.45) is 0 Å². The van der Waals surface area contributed by atoms with Crippen molar-refractivity contribution in [3.63, 3.8) is 0 Å². The Morgan fingerprint density at radius 2 is 2.24 bits per heavy atom. The lowest BCUT2D eigenvalue weighted by molar-refractivity contribution is -0.116. The number of nitrogens with one attached hydrogen (secondary N) is 1. The summed E-state index contributed by atoms with van der Waals surface area (Å²) in [5, 5.41) is 2.62. The normalized spacial score (nSPS) is 10.3. The largest absolute Gasteiger partial charge is 0.396 e. The van der Waals surface area contributed by atoms with Crippen LogP contribution in [0.5, 0.6) is 0 Å². The molecule has 0 unspecified atom stereocenters. The van der Waals surface area contributed by atoms with Gasteiger partial charge in [-0.15, -0.1) is 0 Å². The fraction of sp³-hybridized carbons (Fsp3) is 0.214. The Morgan fingerprint density at radius 3 is 2.95 bits per heavy atom. The Balaban J connectivity index is 1.84. The smallest absolute Gasteiger partial charge is 0.347 e. The van der Waals surface area contributed by atoms with Crippen LogP contribution in [-0.2, 0) is 11.3 Å². The lowest BCUT2D eigenvalue weighted by atomic mass is 10.2. The zero-order chi connectivity index (χ0) is 15.2. The number of aryl methyl sites for hydroxylation is 1. The van der Waals surface area contributed by atoms with E-state index in [1.54, 1.807) is 12.3 Å². The zero-order valence-corrected chi connectivity index (χ0v) is 11.3. The fourth-order valence-corrected chi connectivity index (χ4v) is 1.81. The zero-order valence-electron chi connectivity index (χ0n) is 11.3. The molecule has 0 aliphatic rings. The topological polar surface area (TPSA) is 90.0 Å². The molecular formula is C14H15FN4O2. The number of carbonyl (C=O) groups excluding carboxylic acids is 1. The number of anilines is 2. The number of amides is 1. The summed E-state index contributed by atoms with van der Waals surface area (Å²) in [4.78, 5) is 26.7. The number of hydrogen-bond donors (Lipinski definition) is 2. The minimum atomic E-state index is -0.524. The Morgan fingerprint density at radius 1 is 1.43 bits per heavy atom. The minimum absolute atomic E-state index is 0.0188. The Kier molecular flexibility index (Phi) is 4.65. The predicted molar refractivity (Wildman–Crippen MR) is 77.2 cm³/mol. The van der Waals surface area contributed by atoms with Crippen molar-refractivity contribution in [3.05, 3.63) is 53.0 Å². The predicted octanol–water partition coefficient (Wildman–Crippen LogP) is 1.38. The molecule has 0 spiro atoms. The monoisotopic (exact) mass is 290 g/mol. The number of hydrogen-bond acceptors (Lipinski definition) is 4. The summed E-state index contributed by atoms with van der Waals surface area (Å²) in [5.41, 5.74) is 5.50. The summed E-state index contributed by atoms with van der Waals surface area (Å²) in [7, 11) is 0. The van der Waals surface area contributed by atoms with E-state index in [0.717, 1.165) is 0 Å². The van der Waals surface area contributed by atoms with Crippen LogP contribution in [0.25, 0.3) is 0 Å². The summed E-state index contributed by atoms with van der Waals surface area (Å²) >= 11 is 0. The number of aromatic nitrogens is 2. The van der Waals surface area contributed by atoms with Crippen LogP contribution in [0, 0.1) is 5.82 Å². The molecule has 2 rings (SSSR count). The average Bonchev–Trinajstić information content (AvgIpc) is 2.45. The van der Waals surface area contributed by atoms with Gasteiger partial charge in [0.2, 0.25) is 5.91 Å². The lowest BCUT2D eigenvalue weighted by Gasteiger charge is -2.07. The quantitative estimate of drug-likeness (QED) is 0.814. The van der Waals surface area contributed by atoms with Crippen LogP contribution in [0.2, 0.25) is 0 Å². The van der Waals surface area contributed by atoms with E-state index in [1.165, 1.54) is 29.0 Å². The summed E-state index contributed by atoms with van der Waals surface area (Å²) < 4.78 is 14.4. The van der Waals surface area contributed by atoms with E-state index in [9.17, 15) is 14.0 Å². The molecule has 7 heteroatoms. The highest BCUT2D eigenvalue weighted by molar-refractivity contribution is 5.91. The molecule has 0 fully saturated rings. The third-order valence-corrected chi connectivity index (χ3v) is 2.87. The number of benzene rings is 1. The van der Waals surface area contributed by atoms with Crippen molar-refractivity contribution in [1.29, 1.82) is 0 Å². The van der Waals surface area contributed by atoms with Crippen molar-refractivity contribution in [3.8, 4) is 0 Å². The second-order valence-electron chi connectivity index (χ2n) is 4.48. The third-order valence-electron chi connectivity index (χ3n) is 2.87. The number of carbonyl (C=O) groups is 1. The fourth-order valence-electron chi connectivity index (χ4n) is 1.81. The van der Waals surface area contributed by atoms with Gasteiger partial charge in [0.1, 0.15) is 5.82 Å². The van der Waals surface area contributed by atoms with Crippen LogP contribution >= 0.6 is 0 Å². The Labute approximate surface area is 120 Å². The van der Waals surface area contributed by atoms with Gasteiger partial charge in [-0.05, 0) is 30.7 Å². The maximum Gasteiger partial charge on any atom is 0.347 e. The molecule has 0 saturated heterocycles. The lowest BCUT2D eigenvalue weighted by Crippen LogP contribution is -2.22. The number of rotatable bonds is 5. The molecule has 110 valence electrons. The van der Waals surface area contributed by atoms with Crippen molar-refractivity contribution in [2.75, 3.05) is 11.1 Å². The summed E-state index contributed by atoms with van der Waals surface area (Å²) in [6, 6.07) is 5.65. The molecule has 1 heterocycles. The van der Waals surface area contributed by atoms with Crippen molar-refractivity contribution in [2.45, 2.75) is 19.4 Å². The second-order valence-corrected chi connectivity index (χ2v) is 4.48. The van der Waals surface area contributed by atoms with Gasteiger partial charge < -0.3 is 11.1 Å². The second kappa shape index (κ2) is 6.65. The van der Waals surface area contributed by atoms with Crippen LogP contribution in [-0.4, -0.2) is 15.5 Å². The first-order valence-electron chi connectivity index (χ1n) is 6.42. The number of nitrogen functional groups attached to an aromatic ring is 1. The van der Waals surface area contributed by atoms with E-state index < -0.39 is 5.82 Å². The van der Waals surface area contributed by atoms with Gasteiger partial charge in [0.15, 0.2) is 0 Å². The summed E-state index contributed by atoms with van der Waals surface area (Å²) in [6.45, 7) is 0.408. The van der Waals surface area contributed by atoms with E-state index in [0.29, 0.717) is 18.7 Å². The number of nitrogens with two attached hydrogens (primary N) is 1. The molecule has 6 nitrogen and oxygen atoms in total. The van der Waals surface area contributed by atoms with Crippen molar-refractivity contribution in [1.82, 2.24) is 9.55 Å². The molecular weight excluding hydrogens is 275 g/mol. The molecule has 0 aliphatic heterocycles. The van der Waals surface area contributed by atoms with E-state index in [2.05, 4.69) is 10.3 Å². The van der Waals surface area contributed by atoms with Crippen LogP contribution in [0.15, 0.2) is 41.5 Å². The highest BCUT2D eigenvalue weighted by Gasteiger charge is 2.05. The summed E-state index contributed by atoms with van der Waals surface area (Å²) in [5.74, 6) is -0.748. The molecule has 0 radical (unpaired) electrons. The minimum Gasteiger partial charge on any atom is -0.396 e. The first-order valence-corrected chi connectivity index (χ1v) is 6.42. The van der Waals surface area contributed by atoms with Crippen molar-refractivity contribution < 1.29 is 9.18 Å². The number of nitrogens with zero attached hydrogens (tertiary/aromatic N) is 2. The maximum atomic E-state index is 13.0. The van der Waals surface area contributed by atoms with Gasteiger partial charge in [0.05, 0.1) is 5.69 Å². The molecule has 1 amide bonds. The van der Waals surface area contributed by atoms with Crippen molar-refractivity contribution >= 4 is 17.3 Å². The van der Waals surface area contributed by atoms with E-state index in [4.69, 9.17) is 5.73 Å². The molecule has 0 bridgehead atoms.